The molecule has 1 aliphatic heterocycles. The van der Waals surface area contributed by atoms with Crippen molar-refractivity contribution in [3.63, 3.8) is 0 Å². The number of allylic oxidation sites excluding steroid dienone is 1. The fraction of sp³-hybridized carbons (Fsp3) is 0.615. The Morgan fingerprint density at radius 3 is 3.17 bits per heavy atom. The molecule has 5 nitrogen and oxygen atoms in total. The van der Waals surface area contributed by atoms with Gasteiger partial charge in [-0.15, -0.1) is 6.58 Å². The van der Waals surface area contributed by atoms with Gasteiger partial charge in [-0.3, -0.25) is 0 Å². The van der Waals surface area contributed by atoms with Gasteiger partial charge in [-0.2, -0.15) is 0 Å². The van der Waals surface area contributed by atoms with Crippen LogP contribution in [0.4, 0.5) is 5.95 Å². The molecule has 1 aliphatic rings. The lowest BCUT2D eigenvalue weighted by Crippen LogP contribution is -2.46. The van der Waals surface area contributed by atoms with E-state index in [1.165, 1.54) is 0 Å². The van der Waals surface area contributed by atoms with E-state index in [-0.39, 0.29) is 6.10 Å². The van der Waals surface area contributed by atoms with E-state index >= 15 is 0 Å². The Morgan fingerprint density at radius 2 is 2.50 bits per heavy atom. The van der Waals surface area contributed by atoms with Gasteiger partial charge < -0.3 is 19.9 Å². The van der Waals surface area contributed by atoms with Gasteiger partial charge in [0.2, 0.25) is 5.95 Å². The van der Waals surface area contributed by atoms with Gasteiger partial charge in [-0.25, -0.2) is 4.98 Å². The van der Waals surface area contributed by atoms with Crippen molar-refractivity contribution in [3.05, 3.63) is 24.5 Å². The third-order valence-corrected chi connectivity index (χ3v) is 3.18. The number of rotatable bonds is 5. The summed E-state index contributed by atoms with van der Waals surface area (Å²) in [6.07, 6.45) is 5.05. The SMILES string of the molecule is C=CCn1cc(CC)nc1N1CCOC(CN)C1. The predicted octanol–water partition coefficient (Wildman–Crippen LogP) is 0.795. The monoisotopic (exact) mass is 250 g/mol. The largest absolute Gasteiger partial charge is 0.373 e. The fourth-order valence-corrected chi connectivity index (χ4v) is 2.20. The number of imidazole rings is 1. The van der Waals surface area contributed by atoms with Crippen molar-refractivity contribution < 1.29 is 4.74 Å². The molecule has 0 aromatic carbocycles. The molecule has 2 heterocycles. The Labute approximate surface area is 108 Å². The van der Waals surface area contributed by atoms with E-state index in [0.717, 1.165) is 37.7 Å². The maximum atomic E-state index is 5.68. The Balaban J connectivity index is 2.19. The molecular formula is C13H22N4O. The molecule has 5 heteroatoms. The van der Waals surface area contributed by atoms with Crippen LogP contribution in [0.25, 0.3) is 0 Å². The Morgan fingerprint density at radius 1 is 1.67 bits per heavy atom. The molecule has 1 aromatic rings. The van der Waals surface area contributed by atoms with E-state index in [1.54, 1.807) is 0 Å². The summed E-state index contributed by atoms with van der Waals surface area (Å²) in [5.74, 6) is 1.01. The smallest absolute Gasteiger partial charge is 0.206 e. The van der Waals surface area contributed by atoms with Crippen LogP contribution in [0.3, 0.4) is 0 Å². The van der Waals surface area contributed by atoms with Crippen LogP contribution in [0.15, 0.2) is 18.9 Å². The minimum absolute atomic E-state index is 0.109. The number of aromatic nitrogens is 2. The van der Waals surface area contributed by atoms with E-state index in [4.69, 9.17) is 10.5 Å². The highest BCUT2D eigenvalue weighted by atomic mass is 16.5. The molecule has 1 fully saturated rings. The summed E-state index contributed by atoms with van der Waals surface area (Å²) < 4.78 is 7.73. The zero-order chi connectivity index (χ0) is 13.0. The number of morpholine rings is 1. The van der Waals surface area contributed by atoms with Crippen LogP contribution in [-0.2, 0) is 17.7 Å². The normalized spacial score (nSPS) is 20.1. The minimum atomic E-state index is 0.109. The number of ether oxygens (including phenoxy) is 1. The standard InChI is InChI=1S/C13H22N4O/c1-3-5-16-9-11(4-2)15-13(16)17-6-7-18-12(8-14)10-17/h3,9,12H,1,4-8,10,14H2,2H3. The second-order valence-corrected chi connectivity index (χ2v) is 4.50. The van der Waals surface area contributed by atoms with Crippen molar-refractivity contribution >= 4 is 5.95 Å². The maximum absolute atomic E-state index is 5.68. The molecule has 1 atom stereocenters. The summed E-state index contributed by atoms with van der Waals surface area (Å²) in [7, 11) is 0. The number of hydrogen-bond donors (Lipinski definition) is 1. The van der Waals surface area contributed by atoms with Crippen molar-refractivity contribution in [2.45, 2.75) is 26.0 Å². The van der Waals surface area contributed by atoms with Crippen molar-refractivity contribution in [3.8, 4) is 0 Å². The third kappa shape index (κ3) is 2.73. The van der Waals surface area contributed by atoms with Crippen LogP contribution in [-0.4, -0.2) is 41.9 Å². The van der Waals surface area contributed by atoms with Crippen LogP contribution in [0.2, 0.25) is 0 Å². The van der Waals surface area contributed by atoms with Gasteiger partial charge in [0.05, 0.1) is 18.4 Å². The number of nitrogens with zero attached hydrogens (tertiary/aromatic N) is 3. The second-order valence-electron chi connectivity index (χ2n) is 4.50. The highest BCUT2D eigenvalue weighted by Gasteiger charge is 2.22. The molecule has 0 saturated carbocycles. The van der Waals surface area contributed by atoms with Crippen LogP contribution in [0.5, 0.6) is 0 Å². The zero-order valence-electron chi connectivity index (χ0n) is 11.0. The van der Waals surface area contributed by atoms with Crippen molar-refractivity contribution in [1.29, 1.82) is 0 Å². The molecule has 0 aliphatic carbocycles. The van der Waals surface area contributed by atoms with Crippen LogP contribution in [0, 0.1) is 0 Å². The van der Waals surface area contributed by atoms with Crippen LogP contribution in [0.1, 0.15) is 12.6 Å². The molecule has 0 radical (unpaired) electrons. The van der Waals surface area contributed by atoms with Gasteiger partial charge in [-0.05, 0) is 6.42 Å². The fourth-order valence-electron chi connectivity index (χ4n) is 2.20. The summed E-state index contributed by atoms with van der Waals surface area (Å²) in [5, 5.41) is 0. The van der Waals surface area contributed by atoms with E-state index in [0.29, 0.717) is 13.2 Å². The average Bonchev–Trinajstić information content (AvgIpc) is 2.82. The van der Waals surface area contributed by atoms with Crippen molar-refractivity contribution in [2.75, 3.05) is 31.1 Å². The predicted molar refractivity (Wildman–Crippen MR) is 72.8 cm³/mol. The Bertz CT molecular complexity index is 402. The Hall–Kier alpha value is -1.33. The zero-order valence-corrected chi connectivity index (χ0v) is 11.0. The number of anilines is 1. The van der Waals surface area contributed by atoms with Crippen LogP contribution >= 0.6 is 0 Å². The van der Waals surface area contributed by atoms with E-state index in [2.05, 4.69) is 34.2 Å². The highest BCUT2D eigenvalue weighted by molar-refractivity contribution is 5.35. The van der Waals surface area contributed by atoms with Gasteiger partial charge in [0.1, 0.15) is 0 Å². The molecule has 0 amide bonds. The highest BCUT2D eigenvalue weighted by Crippen LogP contribution is 2.18. The molecule has 2 rings (SSSR count). The summed E-state index contributed by atoms with van der Waals surface area (Å²) in [4.78, 5) is 6.94. The first-order valence-corrected chi connectivity index (χ1v) is 6.52. The van der Waals surface area contributed by atoms with Crippen molar-refractivity contribution in [1.82, 2.24) is 9.55 Å². The molecule has 1 aromatic heterocycles. The summed E-state index contributed by atoms with van der Waals surface area (Å²) >= 11 is 0. The minimum Gasteiger partial charge on any atom is -0.373 e. The van der Waals surface area contributed by atoms with Gasteiger partial charge in [-0.1, -0.05) is 13.0 Å². The molecule has 1 saturated heterocycles. The first kappa shape index (κ1) is 13.1. The second kappa shape index (κ2) is 6.02. The van der Waals surface area contributed by atoms with Gasteiger partial charge >= 0.3 is 0 Å². The molecule has 2 N–H and O–H groups in total. The molecule has 0 bridgehead atoms. The number of aryl methyl sites for hydroxylation is 1. The number of nitrogens with two attached hydrogens (primary N) is 1. The van der Waals surface area contributed by atoms with Crippen molar-refractivity contribution in [2.24, 2.45) is 5.73 Å². The lowest BCUT2D eigenvalue weighted by molar-refractivity contribution is 0.0458. The van der Waals surface area contributed by atoms with Gasteiger partial charge in [0.25, 0.3) is 0 Å². The summed E-state index contributed by atoms with van der Waals surface area (Å²) in [5.41, 5.74) is 6.79. The quantitative estimate of drug-likeness (QED) is 0.785. The maximum Gasteiger partial charge on any atom is 0.206 e. The lowest BCUT2D eigenvalue weighted by atomic mass is 10.3. The number of hydrogen-bond acceptors (Lipinski definition) is 4. The molecule has 0 spiro atoms. The molecule has 1 unspecified atom stereocenters. The first-order chi connectivity index (χ1) is 8.78. The van der Waals surface area contributed by atoms with E-state index < -0.39 is 0 Å². The van der Waals surface area contributed by atoms with Crippen LogP contribution < -0.4 is 10.6 Å². The Kier molecular flexibility index (Phi) is 4.38. The third-order valence-electron chi connectivity index (χ3n) is 3.18. The molecule has 100 valence electrons. The van der Waals surface area contributed by atoms with Gasteiger partial charge in [0, 0.05) is 32.4 Å². The summed E-state index contributed by atoms with van der Waals surface area (Å²) in [6.45, 7) is 9.65. The molecule has 18 heavy (non-hydrogen) atoms. The molecular weight excluding hydrogens is 228 g/mol. The topological polar surface area (TPSA) is 56.3 Å². The first-order valence-electron chi connectivity index (χ1n) is 6.52. The lowest BCUT2D eigenvalue weighted by Gasteiger charge is -2.33. The summed E-state index contributed by atoms with van der Waals surface area (Å²) in [6, 6.07) is 0. The average molecular weight is 250 g/mol. The van der Waals surface area contributed by atoms with Gasteiger partial charge in [0.15, 0.2) is 0 Å². The van der Waals surface area contributed by atoms with E-state index in [9.17, 15) is 0 Å². The van der Waals surface area contributed by atoms with E-state index in [1.807, 2.05) is 6.08 Å².